The van der Waals surface area contributed by atoms with E-state index in [0.717, 1.165) is 11.1 Å². The molecule has 0 atom stereocenters. The van der Waals surface area contributed by atoms with Crippen molar-refractivity contribution in [1.82, 2.24) is 10.3 Å². The van der Waals surface area contributed by atoms with Crippen molar-refractivity contribution in [2.75, 3.05) is 14.2 Å². The lowest BCUT2D eigenvalue weighted by molar-refractivity contribution is -0.116. The third-order valence-corrected chi connectivity index (χ3v) is 3.03. The van der Waals surface area contributed by atoms with E-state index in [1.165, 1.54) is 6.08 Å². The predicted molar refractivity (Wildman–Crippen MR) is 84.7 cm³/mol. The first-order chi connectivity index (χ1) is 10.7. The fourth-order valence-electron chi connectivity index (χ4n) is 1.89. The van der Waals surface area contributed by atoms with E-state index in [1.807, 2.05) is 30.3 Å². The molecule has 2 aromatic rings. The van der Waals surface area contributed by atoms with Crippen molar-refractivity contribution in [3.63, 3.8) is 0 Å². The maximum atomic E-state index is 11.8. The van der Waals surface area contributed by atoms with Gasteiger partial charge in [-0.3, -0.25) is 9.78 Å². The number of benzene rings is 1. The van der Waals surface area contributed by atoms with E-state index in [-0.39, 0.29) is 5.91 Å². The van der Waals surface area contributed by atoms with Crippen molar-refractivity contribution >= 4 is 12.0 Å². The van der Waals surface area contributed by atoms with Gasteiger partial charge in [-0.25, -0.2) is 0 Å². The average Bonchev–Trinajstić information content (AvgIpc) is 2.58. The standard InChI is InChI=1S/C17H18N2O3/c1-21-15-7-5-14(10-16(15)22-2)12-19-17(20)8-6-13-4-3-9-18-11-13/h3-11H,12H2,1-2H3,(H,19,20)/b8-6+. The zero-order chi connectivity index (χ0) is 15.8. The van der Waals surface area contributed by atoms with Crippen molar-refractivity contribution in [3.8, 4) is 11.5 Å². The predicted octanol–water partition coefficient (Wildman–Crippen LogP) is 2.43. The van der Waals surface area contributed by atoms with Gasteiger partial charge in [-0.15, -0.1) is 0 Å². The minimum Gasteiger partial charge on any atom is -0.493 e. The quantitative estimate of drug-likeness (QED) is 0.832. The van der Waals surface area contributed by atoms with Crippen LogP contribution in [0.4, 0.5) is 0 Å². The summed E-state index contributed by atoms with van der Waals surface area (Å²) in [5.41, 5.74) is 1.81. The van der Waals surface area contributed by atoms with E-state index in [4.69, 9.17) is 9.47 Å². The highest BCUT2D eigenvalue weighted by molar-refractivity contribution is 5.91. The zero-order valence-electron chi connectivity index (χ0n) is 12.6. The molecule has 0 saturated carbocycles. The zero-order valence-corrected chi connectivity index (χ0v) is 12.6. The fourth-order valence-corrected chi connectivity index (χ4v) is 1.89. The first-order valence-electron chi connectivity index (χ1n) is 6.80. The van der Waals surface area contributed by atoms with Crippen LogP contribution in [0.15, 0.2) is 48.8 Å². The van der Waals surface area contributed by atoms with Gasteiger partial charge in [0.2, 0.25) is 5.91 Å². The molecule has 114 valence electrons. The van der Waals surface area contributed by atoms with Gasteiger partial charge in [0.1, 0.15) is 0 Å². The number of amides is 1. The minimum atomic E-state index is -0.168. The molecule has 2 rings (SSSR count). The van der Waals surface area contributed by atoms with Crippen LogP contribution in [0.3, 0.4) is 0 Å². The second-order valence-electron chi connectivity index (χ2n) is 4.53. The van der Waals surface area contributed by atoms with Crippen LogP contribution in [0.1, 0.15) is 11.1 Å². The largest absolute Gasteiger partial charge is 0.493 e. The Balaban J connectivity index is 1.92. The average molecular weight is 298 g/mol. The molecule has 0 spiro atoms. The Morgan fingerprint density at radius 2 is 2.05 bits per heavy atom. The van der Waals surface area contributed by atoms with Gasteiger partial charge in [-0.2, -0.15) is 0 Å². The van der Waals surface area contributed by atoms with E-state index in [1.54, 1.807) is 32.7 Å². The number of ether oxygens (including phenoxy) is 2. The molecule has 0 saturated heterocycles. The molecule has 0 unspecified atom stereocenters. The molecule has 0 radical (unpaired) electrons. The molecule has 22 heavy (non-hydrogen) atoms. The second-order valence-corrected chi connectivity index (χ2v) is 4.53. The lowest BCUT2D eigenvalue weighted by atomic mass is 10.2. The number of rotatable bonds is 6. The number of nitrogens with one attached hydrogen (secondary N) is 1. The Bertz CT molecular complexity index is 654. The number of aromatic nitrogens is 1. The molecule has 1 aromatic carbocycles. The lowest BCUT2D eigenvalue weighted by Gasteiger charge is -2.09. The Kier molecular flexibility index (Phi) is 5.54. The van der Waals surface area contributed by atoms with E-state index in [9.17, 15) is 4.79 Å². The molecule has 0 bridgehead atoms. The molecule has 1 heterocycles. The number of carbonyl (C=O) groups is 1. The summed E-state index contributed by atoms with van der Waals surface area (Å²) in [4.78, 5) is 15.8. The Hall–Kier alpha value is -2.82. The molecule has 0 aliphatic rings. The van der Waals surface area contributed by atoms with Gasteiger partial charge in [0.05, 0.1) is 14.2 Å². The summed E-state index contributed by atoms with van der Waals surface area (Å²) in [7, 11) is 3.17. The van der Waals surface area contributed by atoms with Crippen molar-refractivity contribution < 1.29 is 14.3 Å². The molecule has 5 heteroatoms. The molecule has 0 aliphatic carbocycles. The lowest BCUT2D eigenvalue weighted by Crippen LogP contribution is -2.20. The molecule has 1 N–H and O–H groups in total. The van der Waals surface area contributed by atoms with Gasteiger partial charge in [-0.05, 0) is 35.4 Å². The molecular formula is C17H18N2O3. The van der Waals surface area contributed by atoms with Crippen LogP contribution in [-0.2, 0) is 11.3 Å². The van der Waals surface area contributed by atoms with Crippen LogP contribution in [0.25, 0.3) is 6.08 Å². The van der Waals surface area contributed by atoms with Crippen LogP contribution < -0.4 is 14.8 Å². The van der Waals surface area contributed by atoms with Crippen molar-refractivity contribution in [2.24, 2.45) is 0 Å². The summed E-state index contributed by atoms with van der Waals surface area (Å²) in [6.07, 6.45) is 6.58. The highest BCUT2D eigenvalue weighted by Crippen LogP contribution is 2.27. The molecule has 1 aromatic heterocycles. The maximum Gasteiger partial charge on any atom is 0.244 e. The van der Waals surface area contributed by atoms with Crippen molar-refractivity contribution in [2.45, 2.75) is 6.54 Å². The smallest absolute Gasteiger partial charge is 0.244 e. The third-order valence-electron chi connectivity index (χ3n) is 3.03. The summed E-state index contributed by atoms with van der Waals surface area (Å²) in [6, 6.07) is 9.23. The molecule has 5 nitrogen and oxygen atoms in total. The number of methoxy groups -OCH3 is 2. The highest BCUT2D eigenvalue weighted by atomic mass is 16.5. The van der Waals surface area contributed by atoms with Crippen LogP contribution in [0.5, 0.6) is 11.5 Å². The summed E-state index contributed by atoms with van der Waals surface area (Å²) in [6.45, 7) is 0.413. The first kappa shape index (κ1) is 15.6. The van der Waals surface area contributed by atoms with E-state index in [0.29, 0.717) is 18.0 Å². The van der Waals surface area contributed by atoms with Crippen molar-refractivity contribution in [1.29, 1.82) is 0 Å². The minimum absolute atomic E-state index is 0.168. The summed E-state index contributed by atoms with van der Waals surface area (Å²) in [5, 5.41) is 2.82. The van der Waals surface area contributed by atoms with Crippen LogP contribution in [-0.4, -0.2) is 25.1 Å². The Morgan fingerprint density at radius 3 is 2.73 bits per heavy atom. The normalized spacial score (nSPS) is 10.5. The summed E-state index contributed by atoms with van der Waals surface area (Å²) >= 11 is 0. The molecule has 0 fully saturated rings. The van der Waals surface area contributed by atoms with Crippen LogP contribution >= 0.6 is 0 Å². The van der Waals surface area contributed by atoms with Crippen LogP contribution in [0, 0.1) is 0 Å². The Labute approximate surface area is 129 Å². The van der Waals surface area contributed by atoms with Gasteiger partial charge in [0, 0.05) is 25.0 Å². The van der Waals surface area contributed by atoms with Gasteiger partial charge in [-0.1, -0.05) is 12.1 Å². The number of nitrogens with zero attached hydrogens (tertiary/aromatic N) is 1. The monoisotopic (exact) mass is 298 g/mol. The number of carbonyl (C=O) groups excluding carboxylic acids is 1. The highest BCUT2D eigenvalue weighted by Gasteiger charge is 2.05. The van der Waals surface area contributed by atoms with Crippen molar-refractivity contribution in [3.05, 3.63) is 59.9 Å². The van der Waals surface area contributed by atoms with E-state index < -0.39 is 0 Å². The molecular weight excluding hydrogens is 280 g/mol. The SMILES string of the molecule is COc1ccc(CNC(=O)/C=C/c2cccnc2)cc1OC. The summed E-state index contributed by atoms with van der Waals surface area (Å²) < 4.78 is 10.4. The fraction of sp³-hybridized carbons (Fsp3) is 0.176. The first-order valence-corrected chi connectivity index (χ1v) is 6.80. The van der Waals surface area contributed by atoms with Crippen LogP contribution in [0.2, 0.25) is 0 Å². The topological polar surface area (TPSA) is 60.5 Å². The van der Waals surface area contributed by atoms with E-state index in [2.05, 4.69) is 10.3 Å². The van der Waals surface area contributed by atoms with Gasteiger partial charge in [0.25, 0.3) is 0 Å². The number of hydrogen-bond acceptors (Lipinski definition) is 4. The third kappa shape index (κ3) is 4.34. The molecule has 1 amide bonds. The van der Waals surface area contributed by atoms with Gasteiger partial charge in [0.15, 0.2) is 11.5 Å². The van der Waals surface area contributed by atoms with E-state index >= 15 is 0 Å². The molecule has 0 aliphatic heterocycles. The van der Waals surface area contributed by atoms with Gasteiger partial charge >= 0.3 is 0 Å². The second kappa shape index (κ2) is 7.83. The Morgan fingerprint density at radius 1 is 1.23 bits per heavy atom. The number of hydrogen-bond donors (Lipinski definition) is 1. The van der Waals surface area contributed by atoms with Gasteiger partial charge < -0.3 is 14.8 Å². The maximum absolute atomic E-state index is 11.8. The summed E-state index contributed by atoms with van der Waals surface area (Å²) in [5.74, 6) is 1.13. The number of pyridine rings is 1.